The Morgan fingerprint density at radius 2 is 2.04 bits per heavy atom. The third-order valence-electron chi connectivity index (χ3n) is 4.83. The minimum Gasteiger partial charge on any atom is -0.497 e. The molecule has 1 saturated heterocycles. The summed E-state index contributed by atoms with van der Waals surface area (Å²) in [6.07, 6.45) is 4.04. The van der Waals surface area contributed by atoms with Gasteiger partial charge in [0.2, 0.25) is 5.91 Å². The van der Waals surface area contributed by atoms with Gasteiger partial charge in [-0.1, -0.05) is 12.1 Å². The molecule has 3 rings (SSSR count). The first kappa shape index (κ1) is 17.5. The zero-order valence-electron chi connectivity index (χ0n) is 15.2. The lowest BCUT2D eigenvalue weighted by Crippen LogP contribution is -2.49. The van der Waals surface area contributed by atoms with E-state index in [9.17, 15) is 4.79 Å². The summed E-state index contributed by atoms with van der Waals surface area (Å²) in [4.78, 5) is 16.2. The van der Waals surface area contributed by atoms with Gasteiger partial charge in [0.05, 0.1) is 19.3 Å². The number of carbonyl (C=O) groups is 1. The van der Waals surface area contributed by atoms with E-state index in [1.54, 1.807) is 14.0 Å². The number of nitrogens with zero attached hydrogens (tertiary/aromatic N) is 4. The molecule has 0 radical (unpaired) electrons. The molecular weight excluding hydrogens is 316 g/mol. The fourth-order valence-electron chi connectivity index (χ4n) is 3.33. The van der Waals surface area contributed by atoms with E-state index in [4.69, 9.17) is 4.74 Å². The number of rotatable bonds is 5. The second-order valence-corrected chi connectivity index (χ2v) is 6.43. The number of aryl methyl sites for hydroxylation is 1. The van der Waals surface area contributed by atoms with Crippen molar-refractivity contribution in [2.75, 3.05) is 26.7 Å². The average molecular weight is 342 g/mol. The zero-order valence-corrected chi connectivity index (χ0v) is 15.2. The molecular formula is C19H26N4O2. The van der Waals surface area contributed by atoms with Crippen LogP contribution in [0.4, 0.5) is 0 Å². The van der Waals surface area contributed by atoms with Crippen LogP contribution in [-0.4, -0.2) is 52.2 Å². The van der Waals surface area contributed by atoms with Crippen LogP contribution in [0.1, 0.15) is 31.0 Å². The summed E-state index contributed by atoms with van der Waals surface area (Å²) in [5.41, 5.74) is 2.41. The molecule has 1 atom stereocenters. The fourth-order valence-corrected chi connectivity index (χ4v) is 3.33. The van der Waals surface area contributed by atoms with E-state index >= 15 is 0 Å². The van der Waals surface area contributed by atoms with Crippen LogP contribution >= 0.6 is 0 Å². The van der Waals surface area contributed by atoms with Gasteiger partial charge in [-0.15, -0.1) is 0 Å². The molecule has 0 N–H and O–H groups in total. The Labute approximate surface area is 149 Å². The van der Waals surface area contributed by atoms with Gasteiger partial charge in [-0.3, -0.25) is 14.4 Å². The second kappa shape index (κ2) is 7.70. The molecule has 25 heavy (non-hydrogen) atoms. The SMILES string of the molecule is CCn1cc(CN2CCN(C(C)=O)C[C@H]2c2ccc(OC)cc2)cn1. The molecule has 1 aliphatic heterocycles. The van der Waals surface area contributed by atoms with Gasteiger partial charge in [0.15, 0.2) is 0 Å². The van der Waals surface area contributed by atoms with Crippen molar-refractivity contribution in [2.45, 2.75) is 33.0 Å². The minimum atomic E-state index is 0.136. The van der Waals surface area contributed by atoms with Crippen molar-refractivity contribution in [2.24, 2.45) is 0 Å². The summed E-state index contributed by atoms with van der Waals surface area (Å²) in [5.74, 6) is 0.982. The number of hydrogen-bond donors (Lipinski definition) is 0. The van der Waals surface area contributed by atoms with Crippen molar-refractivity contribution in [1.82, 2.24) is 19.6 Å². The Morgan fingerprint density at radius 1 is 1.28 bits per heavy atom. The van der Waals surface area contributed by atoms with Crippen LogP contribution in [0, 0.1) is 0 Å². The summed E-state index contributed by atoms with van der Waals surface area (Å²) in [6.45, 7) is 7.78. The van der Waals surface area contributed by atoms with Crippen LogP contribution in [0.2, 0.25) is 0 Å². The number of benzene rings is 1. The topological polar surface area (TPSA) is 50.6 Å². The normalized spacial score (nSPS) is 18.4. The van der Waals surface area contributed by atoms with E-state index in [1.165, 1.54) is 11.1 Å². The van der Waals surface area contributed by atoms with E-state index in [2.05, 4.69) is 35.3 Å². The Balaban J connectivity index is 1.81. The van der Waals surface area contributed by atoms with Crippen molar-refractivity contribution in [1.29, 1.82) is 0 Å². The van der Waals surface area contributed by atoms with Crippen LogP contribution in [0.3, 0.4) is 0 Å². The maximum absolute atomic E-state index is 11.9. The van der Waals surface area contributed by atoms with E-state index in [0.717, 1.165) is 31.9 Å². The highest BCUT2D eigenvalue weighted by Crippen LogP contribution is 2.28. The number of ether oxygens (including phenoxy) is 1. The predicted molar refractivity (Wildman–Crippen MR) is 96.3 cm³/mol. The molecule has 1 aliphatic rings. The highest BCUT2D eigenvalue weighted by molar-refractivity contribution is 5.73. The van der Waals surface area contributed by atoms with Gasteiger partial charge in [0.25, 0.3) is 0 Å². The summed E-state index contributed by atoms with van der Waals surface area (Å²) < 4.78 is 7.21. The van der Waals surface area contributed by atoms with Crippen molar-refractivity contribution in [3.63, 3.8) is 0 Å². The fraction of sp³-hybridized carbons (Fsp3) is 0.474. The maximum Gasteiger partial charge on any atom is 0.219 e. The van der Waals surface area contributed by atoms with Gasteiger partial charge in [-0.25, -0.2) is 0 Å². The monoisotopic (exact) mass is 342 g/mol. The third kappa shape index (κ3) is 4.02. The van der Waals surface area contributed by atoms with Crippen LogP contribution in [-0.2, 0) is 17.9 Å². The second-order valence-electron chi connectivity index (χ2n) is 6.43. The van der Waals surface area contributed by atoms with E-state index in [0.29, 0.717) is 6.54 Å². The van der Waals surface area contributed by atoms with Crippen LogP contribution in [0.15, 0.2) is 36.7 Å². The molecule has 0 unspecified atom stereocenters. The molecule has 134 valence electrons. The zero-order chi connectivity index (χ0) is 17.8. The van der Waals surface area contributed by atoms with Crippen molar-refractivity contribution >= 4 is 5.91 Å². The van der Waals surface area contributed by atoms with Gasteiger partial charge < -0.3 is 9.64 Å². The van der Waals surface area contributed by atoms with Gasteiger partial charge in [-0.2, -0.15) is 5.10 Å². The number of hydrogen-bond acceptors (Lipinski definition) is 4. The predicted octanol–water partition coefficient (Wildman–Crippen LogP) is 2.32. The molecule has 1 aromatic heterocycles. The van der Waals surface area contributed by atoms with Gasteiger partial charge >= 0.3 is 0 Å². The van der Waals surface area contributed by atoms with Crippen molar-refractivity contribution in [3.8, 4) is 5.75 Å². The Hall–Kier alpha value is -2.34. The van der Waals surface area contributed by atoms with Gasteiger partial charge in [-0.05, 0) is 24.6 Å². The molecule has 0 spiro atoms. The summed E-state index contributed by atoms with van der Waals surface area (Å²) in [5, 5.41) is 4.37. The Morgan fingerprint density at radius 3 is 2.64 bits per heavy atom. The number of piperazine rings is 1. The summed E-state index contributed by atoms with van der Waals surface area (Å²) in [6, 6.07) is 8.32. The maximum atomic E-state index is 11.9. The van der Waals surface area contributed by atoms with Crippen LogP contribution in [0.25, 0.3) is 0 Å². The molecule has 2 heterocycles. The summed E-state index contributed by atoms with van der Waals surface area (Å²) in [7, 11) is 1.67. The van der Waals surface area contributed by atoms with E-state index < -0.39 is 0 Å². The van der Waals surface area contributed by atoms with E-state index in [-0.39, 0.29) is 11.9 Å². The first-order valence-corrected chi connectivity index (χ1v) is 8.75. The van der Waals surface area contributed by atoms with Gasteiger partial charge in [0.1, 0.15) is 5.75 Å². The quantitative estimate of drug-likeness (QED) is 0.837. The molecule has 0 saturated carbocycles. The highest BCUT2D eigenvalue weighted by Gasteiger charge is 2.29. The minimum absolute atomic E-state index is 0.136. The van der Waals surface area contributed by atoms with Crippen LogP contribution in [0.5, 0.6) is 5.75 Å². The van der Waals surface area contributed by atoms with E-state index in [1.807, 2.05) is 27.9 Å². The average Bonchev–Trinajstić information content (AvgIpc) is 3.09. The van der Waals surface area contributed by atoms with Crippen molar-refractivity contribution in [3.05, 3.63) is 47.8 Å². The first-order chi connectivity index (χ1) is 12.1. The standard InChI is InChI=1S/C19H26N4O2/c1-4-23-13-16(11-20-23)12-22-10-9-21(15(2)24)14-19(22)17-5-7-18(25-3)8-6-17/h5-8,11,13,19H,4,9-10,12,14H2,1-3H3/t19-/m0/s1. The third-order valence-corrected chi connectivity index (χ3v) is 4.83. The molecule has 1 amide bonds. The lowest BCUT2D eigenvalue weighted by molar-refractivity contribution is -0.132. The Kier molecular flexibility index (Phi) is 5.38. The molecule has 1 aromatic carbocycles. The lowest BCUT2D eigenvalue weighted by atomic mass is 10.0. The number of methoxy groups -OCH3 is 1. The van der Waals surface area contributed by atoms with Crippen molar-refractivity contribution < 1.29 is 9.53 Å². The molecule has 6 nitrogen and oxygen atoms in total. The first-order valence-electron chi connectivity index (χ1n) is 8.75. The Bertz CT molecular complexity index is 710. The molecule has 6 heteroatoms. The highest BCUT2D eigenvalue weighted by atomic mass is 16.5. The van der Waals surface area contributed by atoms with Gasteiger partial charge in [0, 0.05) is 51.4 Å². The van der Waals surface area contributed by atoms with Crippen LogP contribution < -0.4 is 4.74 Å². The number of aromatic nitrogens is 2. The summed E-state index contributed by atoms with van der Waals surface area (Å²) >= 11 is 0. The number of carbonyl (C=O) groups excluding carboxylic acids is 1. The largest absolute Gasteiger partial charge is 0.497 e. The number of amides is 1. The molecule has 1 fully saturated rings. The lowest BCUT2D eigenvalue weighted by Gasteiger charge is -2.41. The molecule has 0 aliphatic carbocycles. The molecule has 2 aromatic rings. The smallest absolute Gasteiger partial charge is 0.219 e. The molecule has 0 bridgehead atoms.